The van der Waals surface area contributed by atoms with Crippen LogP contribution in [0.3, 0.4) is 0 Å². The van der Waals surface area contributed by atoms with E-state index < -0.39 is 0 Å². The Hall–Kier alpha value is -1.14. The summed E-state index contributed by atoms with van der Waals surface area (Å²) in [5.74, 6) is 0. The molecule has 1 N–H and O–H groups in total. The van der Waals surface area contributed by atoms with Crippen molar-refractivity contribution in [3.63, 3.8) is 0 Å². The van der Waals surface area contributed by atoms with Gasteiger partial charge in [-0.3, -0.25) is 4.68 Å². The Morgan fingerprint density at radius 1 is 1.42 bits per heavy atom. The predicted molar refractivity (Wildman–Crippen MR) is 81.0 cm³/mol. The molecule has 0 aliphatic carbocycles. The molecule has 0 amide bonds. The highest BCUT2D eigenvalue weighted by molar-refractivity contribution is 7.71. The first-order valence-corrected chi connectivity index (χ1v) is 7.21. The van der Waals surface area contributed by atoms with Gasteiger partial charge in [-0.05, 0) is 39.5 Å². The fourth-order valence-electron chi connectivity index (χ4n) is 2.25. The third-order valence-corrected chi connectivity index (χ3v) is 4.04. The quantitative estimate of drug-likeness (QED) is 0.855. The average Bonchev–Trinajstić information content (AvgIpc) is 2.84. The van der Waals surface area contributed by atoms with Gasteiger partial charge < -0.3 is 14.5 Å². The Morgan fingerprint density at radius 2 is 2.11 bits per heavy atom. The number of hydrogen-bond acceptors (Lipinski definition) is 3. The van der Waals surface area contributed by atoms with Crippen LogP contribution < -0.4 is 0 Å². The molecule has 0 aromatic carbocycles. The van der Waals surface area contributed by atoms with Crippen molar-refractivity contribution in [2.24, 2.45) is 7.05 Å². The molecule has 0 aliphatic rings. The van der Waals surface area contributed by atoms with Crippen LogP contribution in [0.15, 0.2) is 0 Å². The number of likely N-dealkylation sites (N-methyl/N-ethyl adjacent to an activating group) is 1. The summed E-state index contributed by atoms with van der Waals surface area (Å²) in [6, 6.07) is 0.543. The van der Waals surface area contributed by atoms with E-state index in [2.05, 4.69) is 47.4 Å². The molecule has 0 spiro atoms. The highest BCUT2D eigenvalue weighted by Crippen LogP contribution is 2.18. The Labute approximate surface area is 119 Å². The summed E-state index contributed by atoms with van der Waals surface area (Å²) in [4.78, 5) is 5.61. The SMILES string of the molecule is CCc1nn(C)c2c1[nH]c(=S)n2CCN(C)C(C)C. The molecule has 2 aromatic heterocycles. The van der Waals surface area contributed by atoms with Gasteiger partial charge in [0, 0.05) is 26.2 Å². The number of hydrogen-bond donors (Lipinski definition) is 1. The maximum absolute atomic E-state index is 5.44. The normalized spacial score (nSPS) is 12.2. The van der Waals surface area contributed by atoms with Crippen molar-refractivity contribution in [3.8, 4) is 0 Å². The van der Waals surface area contributed by atoms with E-state index in [1.807, 2.05) is 11.7 Å². The summed E-state index contributed by atoms with van der Waals surface area (Å²) >= 11 is 5.44. The van der Waals surface area contributed by atoms with Crippen molar-refractivity contribution in [3.05, 3.63) is 10.5 Å². The summed E-state index contributed by atoms with van der Waals surface area (Å²) in [5.41, 5.74) is 3.26. The number of aryl methyl sites for hydroxylation is 2. The van der Waals surface area contributed by atoms with Gasteiger partial charge in [0.1, 0.15) is 5.52 Å². The molecule has 0 aliphatic heterocycles. The zero-order valence-electron chi connectivity index (χ0n) is 12.4. The van der Waals surface area contributed by atoms with Crippen LogP contribution in [0.25, 0.3) is 11.2 Å². The lowest BCUT2D eigenvalue weighted by molar-refractivity contribution is 0.263. The average molecular weight is 281 g/mol. The summed E-state index contributed by atoms with van der Waals surface area (Å²) in [6.45, 7) is 8.38. The molecular weight excluding hydrogens is 258 g/mol. The monoisotopic (exact) mass is 281 g/mol. The van der Waals surface area contributed by atoms with Gasteiger partial charge in [-0.1, -0.05) is 6.92 Å². The highest BCUT2D eigenvalue weighted by Gasteiger charge is 2.14. The van der Waals surface area contributed by atoms with Crippen LogP contribution in [0.2, 0.25) is 0 Å². The van der Waals surface area contributed by atoms with Crippen molar-refractivity contribution in [2.45, 2.75) is 39.8 Å². The number of nitrogens with zero attached hydrogens (tertiary/aromatic N) is 4. The fraction of sp³-hybridized carbons (Fsp3) is 0.692. The smallest absolute Gasteiger partial charge is 0.179 e. The fourth-order valence-corrected chi connectivity index (χ4v) is 2.53. The molecule has 0 saturated heterocycles. The molecule has 0 saturated carbocycles. The molecule has 2 heterocycles. The summed E-state index contributed by atoms with van der Waals surface area (Å²) in [6.07, 6.45) is 0.915. The minimum absolute atomic E-state index is 0.543. The lowest BCUT2D eigenvalue weighted by Crippen LogP contribution is -2.29. The number of nitrogens with one attached hydrogen (secondary N) is 1. The van der Waals surface area contributed by atoms with E-state index in [9.17, 15) is 0 Å². The van der Waals surface area contributed by atoms with E-state index in [-0.39, 0.29) is 0 Å². The zero-order chi connectivity index (χ0) is 14.2. The molecule has 0 unspecified atom stereocenters. The number of H-pyrrole nitrogens is 1. The van der Waals surface area contributed by atoms with Crippen LogP contribution in [-0.2, 0) is 20.0 Å². The van der Waals surface area contributed by atoms with Crippen molar-refractivity contribution in [1.82, 2.24) is 24.2 Å². The van der Waals surface area contributed by atoms with Gasteiger partial charge in [-0.15, -0.1) is 0 Å². The maximum atomic E-state index is 5.44. The van der Waals surface area contributed by atoms with E-state index in [0.29, 0.717) is 6.04 Å². The van der Waals surface area contributed by atoms with E-state index in [1.165, 1.54) is 0 Å². The van der Waals surface area contributed by atoms with Crippen molar-refractivity contribution >= 4 is 23.4 Å². The largest absolute Gasteiger partial charge is 0.328 e. The topological polar surface area (TPSA) is 41.8 Å². The maximum Gasteiger partial charge on any atom is 0.179 e. The minimum atomic E-state index is 0.543. The second kappa shape index (κ2) is 5.46. The number of aromatic amines is 1. The van der Waals surface area contributed by atoms with Gasteiger partial charge in [-0.2, -0.15) is 5.10 Å². The summed E-state index contributed by atoms with van der Waals surface area (Å²) < 4.78 is 4.86. The van der Waals surface area contributed by atoms with Gasteiger partial charge in [0.05, 0.1) is 5.69 Å². The molecule has 106 valence electrons. The predicted octanol–water partition coefficient (Wildman–Crippen LogP) is 2.33. The third-order valence-electron chi connectivity index (χ3n) is 3.71. The molecule has 0 bridgehead atoms. The summed E-state index contributed by atoms with van der Waals surface area (Å²) in [7, 11) is 4.12. The molecule has 6 heteroatoms. The lowest BCUT2D eigenvalue weighted by Gasteiger charge is -2.21. The van der Waals surface area contributed by atoms with Crippen LogP contribution >= 0.6 is 12.2 Å². The van der Waals surface area contributed by atoms with Crippen LogP contribution in [0.4, 0.5) is 0 Å². The zero-order valence-corrected chi connectivity index (χ0v) is 13.2. The Morgan fingerprint density at radius 3 is 2.68 bits per heavy atom. The van der Waals surface area contributed by atoms with Gasteiger partial charge in [0.15, 0.2) is 10.4 Å². The molecule has 2 rings (SSSR count). The van der Waals surface area contributed by atoms with E-state index in [0.717, 1.165) is 41.1 Å². The second-order valence-electron chi connectivity index (χ2n) is 5.28. The Kier molecular flexibility index (Phi) is 4.10. The molecule has 19 heavy (non-hydrogen) atoms. The molecule has 0 fully saturated rings. The van der Waals surface area contributed by atoms with Gasteiger partial charge >= 0.3 is 0 Å². The first-order chi connectivity index (χ1) is 8.95. The van der Waals surface area contributed by atoms with Gasteiger partial charge in [0.25, 0.3) is 0 Å². The highest BCUT2D eigenvalue weighted by atomic mass is 32.1. The molecule has 2 aromatic rings. The van der Waals surface area contributed by atoms with Crippen molar-refractivity contribution in [1.29, 1.82) is 0 Å². The third kappa shape index (κ3) is 2.60. The molecular formula is C13H23N5S. The number of rotatable bonds is 5. The number of aromatic nitrogens is 4. The minimum Gasteiger partial charge on any atom is -0.328 e. The molecule has 0 radical (unpaired) electrons. The lowest BCUT2D eigenvalue weighted by atomic mass is 10.3. The van der Waals surface area contributed by atoms with E-state index >= 15 is 0 Å². The number of fused-ring (bicyclic) bond motifs is 1. The van der Waals surface area contributed by atoms with Crippen LogP contribution in [0, 0.1) is 4.77 Å². The van der Waals surface area contributed by atoms with E-state index in [1.54, 1.807) is 0 Å². The van der Waals surface area contributed by atoms with Crippen molar-refractivity contribution < 1.29 is 0 Å². The van der Waals surface area contributed by atoms with E-state index in [4.69, 9.17) is 12.2 Å². The number of imidazole rings is 1. The Bertz CT molecular complexity index is 619. The summed E-state index contributed by atoms with van der Waals surface area (Å²) in [5, 5.41) is 4.54. The second-order valence-corrected chi connectivity index (χ2v) is 5.67. The van der Waals surface area contributed by atoms with Crippen LogP contribution in [0.5, 0.6) is 0 Å². The molecule has 0 atom stereocenters. The standard InChI is InChI=1S/C13H23N5S/c1-6-10-11-12(17(5)15-10)18(13(19)14-11)8-7-16(4)9(2)3/h9H,6-8H2,1-5H3,(H,14,19). The van der Waals surface area contributed by atoms with Crippen LogP contribution in [-0.4, -0.2) is 43.9 Å². The molecule has 5 nitrogen and oxygen atoms in total. The first kappa shape index (κ1) is 14.3. The first-order valence-electron chi connectivity index (χ1n) is 6.80. The van der Waals surface area contributed by atoms with Gasteiger partial charge in [0.2, 0.25) is 0 Å². The van der Waals surface area contributed by atoms with Crippen molar-refractivity contribution in [2.75, 3.05) is 13.6 Å². The van der Waals surface area contributed by atoms with Gasteiger partial charge in [-0.25, -0.2) is 0 Å². The van der Waals surface area contributed by atoms with Crippen LogP contribution in [0.1, 0.15) is 26.5 Å². The Balaban J connectivity index is 2.35.